The Morgan fingerprint density at radius 1 is 1.24 bits per heavy atom. The molecule has 0 aromatic rings. The Morgan fingerprint density at radius 3 is 2.47 bits per heavy atom. The Labute approximate surface area is 109 Å². The van der Waals surface area contributed by atoms with Crippen molar-refractivity contribution >= 4 is 23.5 Å². The van der Waals surface area contributed by atoms with Gasteiger partial charge in [0.15, 0.2) is 5.83 Å². The van der Waals surface area contributed by atoms with Crippen LogP contribution in [0.4, 0.5) is 13.2 Å². The van der Waals surface area contributed by atoms with Gasteiger partial charge in [-0.05, 0) is 18.8 Å². The summed E-state index contributed by atoms with van der Waals surface area (Å²) in [5.74, 6) is -0.966. The van der Waals surface area contributed by atoms with E-state index in [1.165, 1.54) is 23.5 Å². The molecule has 0 atom stereocenters. The number of unbranched alkanes of at least 4 members (excludes halogenated alkanes) is 1. The van der Waals surface area contributed by atoms with Gasteiger partial charge in [0.1, 0.15) is 0 Å². The maximum absolute atomic E-state index is 12.6. The third kappa shape index (κ3) is 9.41. The highest BCUT2D eigenvalue weighted by Crippen LogP contribution is 2.31. The second kappa shape index (κ2) is 10.8. The molecule has 0 aliphatic heterocycles. The van der Waals surface area contributed by atoms with E-state index in [0.29, 0.717) is 5.75 Å². The lowest BCUT2D eigenvalue weighted by Crippen LogP contribution is -1.83. The molecule has 0 saturated heterocycles. The molecule has 0 fully saturated rings. The fourth-order valence-electron chi connectivity index (χ4n) is 0.874. The summed E-state index contributed by atoms with van der Waals surface area (Å²) in [5, 5.41) is 1.93. The summed E-state index contributed by atoms with van der Waals surface area (Å²) < 4.78 is 37.2. The standard InChI is InChI=1S/C12H17F3S2/c1-3-5-6-11(16-8-4-2)17-9-7-10(13)12(14)15/h4,6,8H,3,5,7,9H2,1-2H3/b8-4-,11-6-. The molecule has 0 rings (SSSR count). The molecule has 0 spiro atoms. The third-order valence-electron chi connectivity index (χ3n) is 1.69. The van der Waals surface area contributed by atoms with Crippen molar-refractivity contribution in [2.45, 2.75) is 33.1 Å². The molecule has 0 aromatic heterocycles. The van der Waals surface area contributed by atoms with Crippen LogP contribution in [0.2, 0.25) is 0 Å². The van der Waals surface area contributed by atoms with E-state index in [2.05, 4.69) is 13.0 Å². The van der Waals surface area contributed by atoms with Crippen molar-refractivity contribution in [3.8, 4) is 0 Å². The van der Waals surface area contributed by atoms with Crippen LogP contribution in [0.15, 0.2) is 33.7 Å². The Bertz CT molecular complexity index is 292. The maximum atomic E-state index is 12.6. The summed E-state index contributed by atoms with van der Waals surface area (Å²) in [5.41, 5.74) is 0. The largest absolute Gasteiger partial charge is 0.301 e. The van der Waals surface area contributed by atoms with Crippen LogP contribution in [-0.2, 0) is 0 Å². The normalized spacial score (nSPS) is 12.2. The maximum Gasteiger partial charge on any atom is 0.301 e. The molecule has 5 heteroatoms. The van der Waals surface area contributed by atoms with Gasteiger partial charge in [0.2, 0.25) is 0 Å². The molecule has 0 amide bonds. The molecular weight excluding hydrogens is 265 g/mol. The molecule has 0 N–H and O–H groups in total. The van der Waals surface area contributed by atoms with Crippen LogP contribution in [0.5, 0.6) is 0 Å². The molecule has 0 aliphatic carbocycles. The van der Waals surface area contributed by atoms with Gasteiger partial charge in [0, 0.05) is 16.4 Å². The van der Waals surface area contributed by atoms with Crippen molar-refractivity contribution in [2.24, 2.45) is 0 Å². The predicted octanol–water partition coefficient (Wildman–Crippen LogP) is 6.10. The zero-order chi connectivity index (χ0) is 13.1. The van der Waals surface area contributed by atoms with Gasteiger partial charge in [-0.1, -0.05) is 37.3 Å². The van der Waals surface area contributed by atoms with E-state index in [1.807, 2.05) is 18.4 Å². The molecule has 0 heterocycles. The summed E-state index contributed by atoms with van der Waals surface area (Å²) in [6.45, 7) is 3.98. The SMILES string of the molecule is C/C=C\S/C(=C/CCC)SCCC(F)=C(F)F. The van der Waals surface area contributed by atoms with Crippen molar-refractivity contribution in [1.82, 2.24) is 0 Å². The van der Waals surface area contributed by atoms with E-state index in [-0.39, 0.29) is 6.42 Å². The Balaban J connectivity index is 4.12. The predicted molar refractivity (Wildman–Crippen MR) is 72.8 cm³/mol. The number of thioether (sulfide) groups is 2. The number of allylic oxidation sites excluding steroid dienone is 3. The molecule has 0 saturated carbocycles. The highest BCUT2D eigenvalue weighted by molar-refractivity contribution is 8.23. The second-order valence-electron chi connectivity index (χ2n) is 3.16. The van der Waals surface area contributed by atoms with E-state index in [1.54, 1.807) is 0 Å². The fraction of sp³-hybridized carbons (Fsp3) is 0.500. The van der Waals surface area contributed by atoms with Crippen LogP contribution in [0.25, 0.3) is 0 Å². The molecule has 0 aliphatic rings. The summed E-state index contributed by atoms with van der Waals surface area (Å²) in [6.07, 6.45) is 3.53. The van der Waals surface area contributed by atoms with Crippen LogP contribution in [0, 0.1) is 0 Å². The lowest BCUT2D eigenvalue weighted by atomic mass is 10.3. The summed E-state index contributed by atoms with van der Waals surface area (Å²) >= 11 is 2.95. The van der Waals surface area contributed by atoms with Crippen LogP contribution in [0.3, 0.4) is 0 Å². The molecule has 98 valence electrons. The topological polar surface area (TPSA) is 0 Å². The zero-order valence-electron chi connectivity index (χ0n) is 10.0. The van der Waals surface area contributed by atoms with Crippen LogP contribution in [-0.4, -0.2) is 5.75 Å². The molecule has 0 radical (unpaired) electrons. The number of halogens is 3. The Hall–Kier alpha value is -0.290. The van der Waals surface area contributed by atoms with Gasteiger partial charge in [-0.25, -0.2) is 4.39 Å². The minimum absolute atomic E-state index is 0.215. The first-order valence-corrected chi connectivity index (χ1v) is 7.28. The molecule has 0 unspecified atom stereocenters. The van der Waals surface area contributed by atoms with Crippen LogP contribution < -0.4 is 0 Å². The Kier molecular flexibility index (Phi) is 10.7. The molecule has 0 bridgehead atoms. The third-order valence-corrected chi connectivity index (χ3v) is 4.00. The van der Waals surface area contributed by atoms with Gasteiger partial charge < -0.3 is 0 Å². The van der Waals surface area contributed by atoms with Gasteiger partial charge >= 0.3 is 6.08 Å². The van der Waals surface area contributed by atoms with E-state index in [9.17, 15) is 13.2 Å². The van der Waals surface area contributed by atoms with Gasteiger partial charge in [0.25, 0.3) is 0 Å². The monoisotopic (exact) mass is 282 g/mol. The van der Waals surface area contributed by atoms with E-state index >= 15 is 0 Å². The lowest BCUT2D eigenvalue weighted by molar-refractivity contribution is 0.373. The van der Waals surface area contributed by atoms with Gasteiger partial charge in [-0.15, -0.1) is 11.8 Å². The van der Waals surface area contributed by atoms with E-state index < -0.39 is 11.9 Å². The number of hydrogen-bond donors (Lipinski definition) is 0. The van der Waals surface area contributed by atoms with E-state index in [4.69, 9.17) is 0 Å². The fourth-order valence-corrected chi connectivity index (χ4v) is 2.77. The highest BCUT2D eigenvalue weighted by Gasteiger charge is 2.05. The minimum atomic E-state index is -2.20. The van der Waals surface area contributed by atoms with Crippen LogP contribution >= 0.6 is 23.5 Å². The summed E-state index contributed by atoms with van der Waals surface area (Å²) in [7, 11) is 0. The quantitative estimate of drug-likeness (QED) is 0.528. The average molecular weight is 282 g/mol. The lowest BCUT2D eigenvalue weighted by Gasteiger charge is -2.03. The van der Waals surface area contributed by atoms with Gasteiger partial charge in [-0.2, -0.15) is 8.78 Å². The number of rotatable bonds is 8. The molecule has 17 heavy (non-hydrogen) atoms. The van der Waals surface area contributed by atoms with Crippen molar-refractivity contribution < 1.29 is 13.2 Å². The average Bonchev–Trinajstić information content (AvgIpc) is 2.31. The zero-order valence-corrected chi connectivity index (χ0v) is 11.6. The molecule has 0 aromatic carbocycles. The van der Waals surface area contributed by atoms with Crippen molar-refractivity contribution in [3.63, 3.8) is 0 Å². The summed E-state index contributed by atoms with van der Waals surface area (Å²) in [6, 6.07) is 0. The summed E-state index contributed by atoms with van der Waals surface area (Å²) in [4.78, 5) is 0. The van der Waals surface area contributed by atoms with E-state index in [0.717, 1.165) is 17.1 Å². The van der Waals surface area contributed by atoms with Crippen LogP contribution in [0.1, 0.15) is 33.1 Å². The second-order valence-corrected chi connectivity index (χ2v) is 5.51. The van der Waals surface area contributed by atoms with Crippen molar-refractivity contribution in [1.29, 1.82) is 0 Å². The Morgan fingerprint density at radius 2 is 1.94 bits per heavy atom. The smallest absolute Gasteiger partial charge is 0.206 e. The van der Waals surface area contributed by atoms with Crippen molar-refractivity contribution in [2.75, 3.05) is 5.75 Å². The highest BCUT2D eigenvalue weighted by atomic mass is 32.2. The first kappa shape index (κ1) is 16.7. The first-order valence-electron chi connectivity index (χ1n) is 5.42. The first-order chi connectivity index (χ1) is 8.11. The number of hydrogen-bond acceptors (Lipinski definition) is 2. The molecular formula is C12H17F3S2. The minimum Gasteiger partial charge on any atom is -0.206 e. The van der Waals surface area contributed by atoms with Gasteiger partial charge in [-0.3, -0.25) is 0 Å². The molecule has 0 nitrogen and oxygen atoms in total. The van der Waals surface area contributed by atoms with Gasteiger partial charge in [0.05, 0.1) is 0 Å². The van der Waals surface area contributed by atoms with Crippen molar-refractivity contribution in [3.05, 3.63) is 33.7 Å².